The summed E-state index contributed by atoms with van der Waals surface area (Å²) in [4.78, 5) is 10.6. The number of hydrogen-bond donors (Lipinski definition) is 2. The molecule has 3 heterocycles. The Kier molecular flexibility index (Phi) is 2.87. The van der Waals surface area contributed by atoms with Gasteiger partial charge in [0.25, 0.3) is 0 Å². The fraction of sp³-hybridized carbons (Fsp3) is 0.231. The van der Waals surface area contributed by atoms with Crippen LogP contribution >= 0.6 is 11.3 Å². The SMILES string of the molecule is Cc1cc2c(NC(C)c3ccco3)nc(N)nc2s1. The van der Waals surface area contributed by atoms with Crippen molar-refractivity contribution in [1.82, 2.24) is 9.97 Å². The number of anilines is 2. The van der Waals surface area contributed by atoms with Crippen LogP contribution in [0.25, 0.3) is 10.2 Å². The lowest BCUT2D eigenvalue weighted by molar-refractivity contribution is 0.490. The predicted octanol–water partition coefficient (Wildman–Crippen LogP) is 3.35. The van der Waals surface area contributed by atoms with Crippen molar-refractivity contribution in [2.45, 2.75) is 19.9 Å². The van der Waals surface area contributed by atoms with E-state index in [-0.39, 0.29) is 12.0 Å². The number of thiophene rings is 1. The first kappa shape index (κ1) is 12.0. The quantitative estimate of drug-likeness (QED) is 0.766. The van der Waals surface area contributed by atoms with Crippen LogP contribution in [-0.4, -0.2) is 9.97 Å². The highest BCUT2D eigenvalue weighted by atomic mass is 32.1. The van der Waals surface area contributed by atoms with E-state index in [4.69, 9.17) is 10.2 Å². The molecule has 0 spiro atoms. The molecule has 0 aliphatic heterocycles. The molecule has 0 amide bonds. The molecule has 19 heavy (non-hydrogen) atoms. The van der Waals surface area contributed by atoms with Crippen LogP contribution in [0.3, 0.4) is 0 Å². The second kappa shape index (κ2) is 4.55. The van der Waals surface area contributed by atoms with Gasteiger partial charge < -0.3 is 15.5 Å². The first-order valence-corrected chi connectivity index (χ1v) is 6.79. The van der Waals surface area contributed by atoms with Gasteiger partial charge in [0, 0.05) is 4.88 Å². The fourth-order valence-electron chi connectivity index (χ4n) is 1.98. The second-order valence-corrected chi connectivity index (χ2v) is 5.62. The number of nitrogens with two attached hydrogens (primary N) is 1. The first-order valence-electron chi connectivity index (χ1n) is 5.97. The van der Waals surface area contributed by atoms with E-state index >= 15 is 0 Å². The lowest BCUT2D eigenvalue weighted by atomic mass is 10.2. The minimum atomic E-state index is 0.0210. The summed E-state index contributed by atoms with van der Waals surface area (Å²) in [6.45, 7) is 4.06. The molecule has 0 aliphatic carbocycles. The molecule has 1 atom stereocenters. The van der Waals surface area contributed by atoms with Crippen molar-refractivity contribution in [3.05, 3.63) is 35.1 Å². The average Bonchev–Trinajstić information content (AvgIpc) is 2.96. The average molecular weight is 274 g/mol. The van der Waals surface area contributed by atoms with Gasteiger partial charge in [0.2, 0.25) is 5.95 Å². The van der Waals surface area contributed by atoms with E-state index in [0.29, 0.717) is 0 Å². The van der Waals surface area contributed by atoms with Crippen LogP contribution < -0.4 is 11.1 Å². The summed E-state index contributed by atoms with van der Waals surface area (Å²) in [7, 11) is 0. The van der Waals surface area contributed by atoms with E-state index in [0.717, 1.165) is 21.8 Å². The maximum Gasteiger partial charge on any atom is 0.223 e. The van der Waals surface area contributed by atoms with Gasteiger partial charge in [0.1, 0.15) is 16.4 Å². The Morgan fingerprint density at radius 2 is 2.26 bits per heavy atom. The molecule has 3 aromatic rings. The topological polar surface area (TPSA) is 77.0 Å². The van der Waals surface area contributed by atoms with Gasteiger partial charge in [-0.2, -0.15) is 4.98 Å². The van der Waals surface area contributed by atoms with Crippen molar-refractivity contribution in [1.29, 1.82) is 0 Å². The summed E-state index contributed by atoms with van der Waals surface area (Å²) in [5.41, 5.74) is 5.75. The fourth-order valence-corrected chi connectivity index (χ4v) is 2.87. The van der Waals surface area contributed by atoms with Crippen molar-refractivity contribution in [3.8, 4) is 0 Å². The van der Waals surface area contributed by atoms with Gasteiger partial charge in [-0.15, -0.1) is 11.3 Å². The Morgan fingerprint density at radius 1 is 1.42 bits per heavy atom. The molecule has 0 bridgehead atoms. The van der Waals surface area contributed by atoms with Gasteiger partial charge in [-0.3, -0.25) is 0 Å². The maximum absolute atomic E-state index is 5.75. The summed E-state index contributed by atoms with van der Waals surface area (Å²) >= 11 is 1.61. The van der Waals surface area contributed by atoms with Crippen LogP contribution in [0.4, 0.5) is 11.8 Å². The van der Waals surface area contributed by atoms with Crippen LogP contribution in [-0.2, 0) is 0 Å². The van der Waals surface area contributed by atoms with Gasteiger partial charge in [0.05, 0.1) is 17.7 Å². The van der Waals surface area contributed by atoms with Gasteiger partial charge >= 0.3 is 0 Å². The normalized spacial score (nSPS) is 12.7. The van der Waals surface area contributed by atoms with Crippen LogP contribution in [0.1, 0.15) is 23.6 Å². The molecule has 1 unspecified atom stereocenters. The van der Waals surface area contributed by atoms with E-state index in [2.05, 4.69) is 21.4 Å². The van der Waals surface area contributed by atoms with Crippen molar-refractivity contribution < 1.29 is 4.42 Å². The Hall–Kier alpha value is -2.08. The number of hydrogen-bond acceptors (Lipinski definition) is 6. The van der Waals surface area contributed by atoms with Gasteiger partial charge in [-0.1, -0.05) is 0 Å². The minimum absolute atomic E-state index is 0.0210. The molecule has 0 saturated heterocycles. The highest BCUT2D eigenvalue weighted by molar-refractivity contribution is 7.18. The molecular weight excluding hydrogens is 260 g/mol. The number of fused-ring (bicyclic) bond motifs is 1. The van der Waals surface area contributed by atoms with Crippen molar-refractivity contribution >= 4 is 33.3 Å². The largest absolute Gasteiger partial charge is 0.467 e. The molecule has 0 saturated carbocycles. The zero-order chi connectivity index (χ0) is 13.4. The molecule has 3 rings (SSSR count). The Labute approximate surface area is 114 Å². The second-order valence-electron chi connectivity index (χ2n) is 4.39. The maximum atomic E-state index is 5.75. The summed E-state index contributed by atoms with van der Waals surface area (Å²) in [5, 5.41) is 4.32. The lowest BCUT2D eigenvalue weighted by Crippen LogP contribution is -2.08. The number of nitrogen functional groups attached to an aromatic ring is 1. The minimum Gasteiger partial charge on any atom is -0.467 e. The molecule has 0 radical (unpaired) electrons. The Bertz CT molecular complexity index is 705. The Balaban J connectivity index is 2.00. The highest BCUT2D eigenvalue weighted by Gasteiger charge is 2.13. The summed E-state index contributed by atoms with van der Waals surface area (Å²) in [6.07, 6.45) is 1.66. The molecule has 0 fully saturated rings. The summed E-state index contributed by atoms with van der Waals surface area (Å²) in [5.74, 6) is 1.89. The molecule has 5 nitrogen and oxygen atoms in total. The standard InChI is InChI=1S/C13H14N4OS/c1-7-6-9-11(16-13(14)17-12(9)19-7)15-8(2)10-4-3-5-18-10/h3-6,8H,1-2H3,(H3,14,15,16,17). The third-order valence-corrected chi connectivity index (χ3v) is 3.80. The lowest BCUT2D eigenvalue weighted by Gasteiger charge is -2.13. The van der Waals surface area contributed by atoms with Crippen molar-refractivity contribution in [2.75, 3.05) is 11.1 Å². The number of aryl methyl sites for hydroxylation is 1. The van der Waals surface area contributed by atoms with E-state index in [1.54, 1.807) is 17.6 Å². The number of nitrogens with one attached hydrogen (secondary N) is 1. The molecule has 0 aromatic carbocycles. The molecular formula is C13H14N4OS. The van der Waals surface area contributed by atoms with Crippen molar-refractivity contribution in [3.63, 3.8) is 0 Å². The van der Waals surface area contributed by atoms with Gasteiger partial charge in [-0.25, -0.2) is 4.98 Å². The van der Waals surface area contributed by atoms with E-state index in [1.165, 1.54) is 4.88 Å². The predicted molar refractivity (Wildman–Crippen MR) is 77.3 cm³/mol. The zero-order valence-corrected chi connectivity index (χ0v) is 11.5. The van der Waals surface area contributed by atoms with Crippen LogP contribution in [0, 0.1) is 6.92 Å². The third kappa shape index (κ3) is 2.26. The van der Waals surface area contributed by atoms with Crippen LogP contribution in [0.2, 0.25) is 0 Å². The summed E-state index contributed by atoms with van der Waals surface area (Å²) in [6, 6.07) is 5.88. The molecule has 3 N–H and O–H groups in total. The molecule has 98 valence electrons. The number of rotatable bonds is 3. The molecule has 0 aliphatic rings. The third-order valence-electron chi connectivity index (χ3n) is 2.86. The first-order chi connectivity index (χ1) is 9.13. The smallest absolute Gasteiger partial charge is 0.223 e. The monoisotopic (exact) mass is 274 g/mol. The number of aromatic nitrogens is 2. The molecule has 6 heteroatoms. The van der Waals surface area contributed by atoms with Gasteiger partial charge in [-0.05, 0) is 32.0 Å². The van der Waals surface area contributed by atoms with Crippen LogP contribution in [0.15, 0.2) is 28.9 Å². The van der Waals surface area contributed by atoms with E-state index < -0.39 is 0 Å². The molecule has 3 aromatic heterocycles. The highest BCUT2D eigenvalue weighted by Crippen LogP contribution is 2.31. The zero-order valence-electron chi connectivity index (χ0n) is 10.7. The van der Waals surface area contributed by atoms with E-state index in [1.807, 2.05) is 26.0 Å². The summed E-state index contributed by atoms with van der Waals surface area (Å²) < 4.78 is 5.38. The number of furan rings is 1. The van der Waals surface area contributed by atoms with Crippen LogP contribution in [0.5, 0.6) is 0 Å². The van der Waals surface area contributed by atoms with Gasteiger partial charge in [0.15, 0.2) is 0 Å². The van der Waals surface area contributed by atoms with E-state index in [9.17, 15) is 0 Å². The van der Waals surface area contributed by atoms with Crippen molar-refractivity contribution in [2.24, 2.45) is 0 Å². The Morgan fingerprint density at radius 3 is 3.00 bits per heavy atom. The number of nitrogens with zero attached hydrogens (tertiary/aromatic N) is 2.